The molecule has 0 fully saturated rings. The summed E-state index contributed by atoms with van der Waals surface area (Å²) in [7, 11) is 0. The van der Waals surface area contributed by atoms with Gasteiger partial charge < -0.3 is 5.32 Å². The number of nitrogens with one attached hydrogen (secondary N) is 1. The van der Waals surface area contributed by atoms with Crippen molar-refractivity contribution in [1.29, 1.82) is 5.26 Å². The van der Waals surface area contributed by atoms with Crippen LogP contribution >= 0.6 is 0 Å². The van der Waals surface area contributed by atoms with Gasteiger partial charge in [0.2, 0.25) is 0 Å². The summed E-state index contributed by atoms with van der Waals surface area (Å²) in [5.41, 5.74) is 7.09. The highest BCUT2D eigenvalue weighted by atomic mass is 15.4. The second-order valence-electron chi connectivity index (χ2n) is 9.18. The Balaban J connectivity index is 1.50. The molecule has 8 nitrogen and oxygen atoms in total. The van der Waals surface area contributed by atoms with Gasteiger partial charge in [-0.15, -0.1) is 0 Å². The molecular weight excluding hydrogens is 460 g/mol. The number of hydrogen-bond donors (Lipinski definition) is 1. The van der Waals surface area contributed by atoms with Gasteiger partial charge in [-0.2, -0.15) is 20.1 Å². The molecule has 1 N–H and O–H groups in total. The lowest BCUT2D eigenvalue weighted by atomic mass is 10.1. The zero-order valence-electron chi connectivity index (χ0n) is 21.0. The number of aryl methyl sites for hydroxylation is 4. The van der Waals surface area contributed by atoms with Crippen molar-refractivity contribution >= 4 is 33.6 Å². The van der Waals surface area contributed by atoms with E-state index in [1.165, 1.54) is 0 Å². The first-order valence-electron chi connectivity index (χ1n) is 12.0. The largest absolute Gasteiger partial charge is 0.324 e. The van der Waals surface area contributed by atoms with Gasteiger partial charge in [-0.25, -0.2) is 14.6 Å². The monoisotopic (exact) mass is 484 g/mol. The average molecular weight is 485 g/mol. The van der Waals surface area contributed by atoms with Crippen LogP contribution in [0.3, 0.4) is 0 Å². The number of para-hydroxylation sites is 2. The molecule has 0 bridgehead atoms. The first kappa shape index (κ1) is 22.4. The lowest BCUT2D eigenvalue weighted by Crippen LogP contribution is -2.08. The third kappa shape index (κ3) is 3.69. The van der Waals surface area contributed by atoms with Crippen molar-refractivity contribution in [3.8, 4) is 17.6 Å². The predicted octanol–water partition coefficient (Wildman–Crippen LogP) is 6.00. The van der Waals surface area contributed by atoms with E-state index in [0.29, 0.717) is 23.0 Å². The molecule has 0 aliphatic heterocycles. The minimum Gasteiger partial charge on any atom is -0.324 e. The van der Waals surface area contributed by atoms with Gasteiger partial charge >= 0.3 is 0 Å². The summed E-state index contributed by atoms with van der Waals surface area (Å²) in [6, 6.07) is 22.3. The molecule has 0 amide bonds. The average Bonchev–Trinajstić information content (AvgIpc) is 3.45. The Bertz CT molecular complexity index is 1860. The molecule has 0 unspecified atom stereocenters. The minimum atomic E-state index is 0.400. The van der Waals surface area contributed by atoms with E-state index in [-0.39, 0.29) is 0 Å². The van der Waals surface area contributed by atoms with E-state index in [9.17, 15) is 5.26 Å². The number of fused-ring (bicyclic) bond motifs is 2. The lowest BCUT2D eigenvalue weighted by Gasteiger charge is -2.13. The van der Waals surface area contributed by atoms with E-state index in [0.717, 1.165) is 50.0 Å². The Morgan fingerprint density at radius 2 is 1.65 bits per heavy atom. The van der Waals surface area contributed by atoms with Crippen molar-refractivity contribution < 1.29 is 0 Å². The van der Waals surface area contributed by atoms with E-state index >= 15 is 0 Å². The molecule has 0 aliphatic rings. The molecule has 6 rings (SSSR count). The topological polar surface area (TPSA) is 97.2 Å². The van der Waals surface area contributed by atoms with Crippen LogP contribution in [0.4, 0.5) is 11.6 Å². The van der Waals surface area contributed by atoms with Crippen LogP contribution < -0.4 is 5.32 Å². The van der Waals surface area contributed by atoms with Crippen molar-refractivity contribution in [1.82, 2.24) is 29.5 Å². The molecule has 4 aromatic heterocycles. The maximum atomic E-state index is 9.85. The summed E-state index contributed by atoms with van der Waals surface area (Å²) in [6.07, 6.45) is 1.55. The van der Waals surface area contributed by atoms with Crippen LogP contribution in [-0.4, -0.2) is 29.5 Å². The smallest absolute Gasteiger partial charge is 0.165 e. The van der Waals surface area contributed by atoms with E-state index in [1.54, 1.807) is 10.9 Å². The molecule has 0 atom stereocenters. The molecule has 0 spiro atoms. The Morgan fingerprint density at radius 1 is 0.838 bits per heavy atom. The SMILES string of the molecule is Cc1cc(-n2ncc(C#N)c2Nc2cc(C)c3c(C)nn(-c4ccccc4)c3n2)nc2c(C)cccc12. The normalized spacial score (nSPS) is 11.2. The van der Waals surface area contributed by atoms with Gasteiger partial charge in [0, 0.05) is 10.8 Å². The second-order valence-corrected chi connectivity index (χ2v) is 9.18. The molecule has 0 saturated carbocycles. The van der Waals surface area contributed by atoms with Gasteiger partial charge in [0.05, 0.1) is 23.1 Å². The van der Waals surface area contributed by atoms with Gasteiger partial charge in [0.15, 0.2) is 17.3 Å². The number of nitrogens with zero attached hydrogens (tertiary/aromatic N) is 7. The Morgan fingerprint density at radius 3 is 2.43 bits per heavy atom. The number of aromatic nitrogens is 6. The summed E-state index contributed by atoms with van der Waals surface area (Å²) in [6.45, 7) is 8.13. The van der Waals surface area contributed by atoms with Crippen molar-refractivity contribution in [2.45, 2.75) is 27.7 Å². The molecule has 2 aromatic carbocycles. The van der Waals surface area contributed by atoms with Gasteiger partial charge in [-0.05, 0) is 68.7 Å². The number of benzene rings is 2. The highest BCUT2D eigenvalue weighted by Crippen LogP contribution is 2.30. The molecule has 4 heterocycles. The van der Waals surface area contributed by atoms with Crippen LogP contribution in [-0.2, 0) is 0 Å². The van der Waals surface area contributed by atoms with E-state index in [4.69, 9.17) is 15.1 Å². The highest BCUT2D eigenvalue weighted by Gasteiger charge is 2.19. The van der Waals surface area contributed by atoms with E-state index < -0.39 is 0 Å². The Labute approximate surface area is 213 Å². The number of hydrogen-bond acceptors (Lipinski definition) is 6. The first-order chi connectivity index (χ1) is 17.9. The van der Waals surface area contributed by atoms with Gasteiger partial charge in [0.1, 0.15) is 17.5 Å². The van der Waals surface area contributed by atoms with Gasteiger partial charge in [0.25, 0.3) is 0 Å². The highest BCUT2D eigenvalue weighted by molar-refractivity contribution is 5.87. The first-order valence-corrected chi connectivity index (χ1v) is 12.0. The van der Waals surface area contributed by atoms with E-state index in [2.05, 4.69) is 29.5 Å². The molecule has 0 radical (unpaired) electrons. The maximum absolute atomic E-state index is 9.85. The van der Waals surface area contributed by atoms with Gasteiger partial charge in [-0.3, -0.25) is 0 Å². The van der Waals surface area contributed by atoms with E-state index in [1.807, 2.05) is 80.1 Å². The second kappa shape index (κ2) is 8.57. The summed E-state index contributed by atoms with van der Waals surface area (Å²) >= 11 is 0. The summed E-state index contributed by atoms with van der Waals surface area (Å²) in [5, 5.41) is 24.6. The van der Waals surface area contributed by atoms with Crippen LogP contribution in [0, 0.1) is 39.0 Å². The van der Waals surface area contributed by atoms with Crippen LogP contribution in [0.1, 0.15) is 27.9 Å². The fourth-order valence-corrected chi connectivity index (χ4v) is 4.81. The van der Waals surface area contributed by atoms with Crippen molar-refractivity contribution in [2.75, 3.05) is 5.32 Å². The molecule has 0 aliphatic carbocycles. The van der Waals surface area contributed by atoms with Crippen LogP contribution in [0.2, 0.25) is 0 Å². The van der Waals surface area contributed by atoms with Crippen LogP contribution in [0.25, 0.3) is 33.4 Å². The number of nitriles is 1. The summed E-state index contributed by atoms with van der Waals surface area (Å²) in [4.78, 5) is 9.82. The van der Waals surface area contributed by atoms with Crippen molar-refractivity contribution in [2.24, 2.45) is 0 Å². The standard InChI is InChI=1S/C29H24N8/c1-17-9-8-12-23-18(2)14-25(34-27(17)23)37-28(21(15-30)16-31-37)32-24-13-19(3)26-20(4)35-36(29(26)33-24)22-10-6-5-7-11-22/h5-14,16H,1-4H3,(H,32,33). The Kier molecular flexibility index (Phi) is 5.20. The minimum absolute atomic E-state index is 0.400. The molecule has 0 saturated heterocycles. The number of anilines is 2. The number of rotatable bonds is 4. The zero-order valence-corrected chi connectivity index (χ0v) is 21.0. The predicted molar refractivity (Wildman–Crippen MR) is 145 cm³/mol. The third-order valence-electron chi connectivity index (χ3n) is 6.60. The lowest BCUT2D eigenvalue weighted by molar-refractivity contribution is 0.856. The third-order valence-corrected chi connectivity index (χ3v) is 6.60. The van der Waals surface area contributed by atoms with Crippen LogP contribution in [0.15, 0.2) is 66.9 Å². The molecule has 8 heteroatoms. The van der Waals surface area contributed by atoms with Crippen molar-refractivity contribution in [3.05, 3.63) is 94.8 Å². The summed E-state index contributed by atoms with van der Waals surface area (Å²) in [5.74, 6) is 1.73. The zero-order chi connectivity index (χ0) is 25.7. The fourth-order valence-electron chi connectivity index (χ4n) is 4.81. The number of pyridine rings is 2. The molecule has 37 heavy (non-hydrogen) atoms. The molecule has 180 valence electrons. The quantitative estimate of drug-likeness (QED) is 0.329. The molecule has 6 aromatic rings. The summed E-state index contributed by atoms with van der Waals surface area (Å²) < 4.78 is 3.51. The van der Waals surface area contributed by atoms with Crippen LogP contribution in [0.5, 0.6) is 0 Å². The van der Waals surface area contributed by atoms with Gasteiger partial charge in [-0.1, -0.05) is 36.4 Å². The Hall–Kier alpha value is -5.03. The molecular formula is C29H24N8. The maximum Gasteiger partial charge on any atom is 0.165 e. The fraction of sp³-hybridized carbons (Fsp3) is 0.138. The van der Waals surface area contributed by atoms with Crippen molar-refractivity contribution in [3.63, 3.8) is 0 Å².